The highest BCUT2D eigenvalue weighted by molar-refractivity contribution is 5.74. The molecular formula is C10H17NO2. The van der Waals surface area contributed by atoms with Crippen LogP contribution in [0.3, 0.4) is 0 Å². The van der Waals surface area contributed by atoms with Gasteiger partial charge in [0.1, 0.15) is 6.04 Å². The number of aliphatic carboxylic acids is 1. The quantitative estimate of drug-likeness (QED) is 0.688. The third-order valence-electron chi connectivity index (χ3n) is 3.80. The van der Waals surface area contributed by atoms with Gasteiger partial charge in [0.05, 0.1) is 0 Å². The number of fused-ring (bicyclic) bond motifs is 2. The molecule has 2 bridgehead atoms. The van der Waals surface area contributed by atoms with E-state index >= 15 is 0 Å². The van der Waals surface area contributed by atoms with Gasteiger partial charge in [-0.05, 0) is 44.1 Å². The van der Waals surface area contributed by atoms with E-state index < -0.39 is 5.97 Å². The fraction of sp³-hybridized carbons (Fsp3) is 0.900. The zero-order chi connectivity index (χ0) is 9.42. The predicted octanol–water partition coefficient (Wildman–Crippen LogP) is 1.10. The molecular weight excluding hydrogens is 166 g/mol. The van der Waals surface area contributed by atoms with Crippen LogP contribution in [-0.4, -0.2) is 24.2 Å². The molecule has 74 valence electrons. The zero-order valence-electron chi connectivity index (χ0n) is 7.99. The SMILES string of the molecule is CNC(C(=O)O)C1CC2CCC1C2. The second-order valence-electron chi connectivity index (χ2n) is 4.44. The number of rotatable bonds is 3. The van der Waals surface area contributed by atoms with Crippen molar-refractivity contribution in [1.29, 1.82) is 0 Å². The second-order valence-corrected chi connectivity index (χ2v) is 4.44. The second kappa shape index (κ2) is 3.29. The van der Waals surface area contributed by atoms with Crippen molar-refractivity contribution in [1.82, 2.24) is 5.32 Å². The van der Waals surface area contributed by atoms with Crippen LogP contribution in [0.5, 0.6) is 0 Å². The van der Waals surface area contributed by atoms with Crippen LogP contribution in [0.25, 0.3) is 0 Å². The maximum absolute atomic E-state index is 10.9. The van der Waals surface area contributed by atoms with Crippen LogP contribution in [0.1, 0.15) is 25.7 Å². The van der Waals surface area contributed by atoms with Gasteiger partial charge in [0.25, 0.3) is 0 Å². The third-order valence-corrected chi connectivity index (χ3v) is 3.80. The highest BCUT2D eigenvalue weighted by Crippen LogP contribution is 2.49. The average molecular weight is 183 g/mol. The topological polar surface area (TPSA) is 49.3 Å². The van der Waals surface area contributed by atoms with Gasteiger partial charge in [-0.2, -0.15) is 0 Å². The normalized spacial score (nSPS) is 39.3. The van der Waals surface area contributed by atoms with E-state index in [1.54, 1.807) is 7.05 Å². The molecule has 13 heavy (non-hydrogen) atoms. The van der Waals surface area contributed by atoms with Gasteiger partial charge in [0.2, 0.25) is 0 Å². The van der Waals surface area contributed by atoms with E-state index in [1.165, 1.54) is 19.3 Å². The van der Waals surface area contributed by atoms with Gasteiger partial charge in [0, 0.05) is 0 Å². The Bertz CT molecular complexity index is 217. The van der Waals surface area contributed by atoms with E-state index in [0.29, 0.717) is 11.8 Å². The lowest BCUT2D eigenvalue weighted by Crippen LogP contribution is -2.42. The van der Waals surface area contributed by atoms with Gasteiger partial charge in [-0.3, -0.25) is 4.79 Å². The van der Waals surface area contributed by atoms with Gasteiger partial charge in [-0.25, -0.2) is 0 Å². The van der Waals surface area contributed by atoms with Crippen molar-refractivity contribution in [2.24, 2.45) is 17.8 Å². The van der Waals surface area contributed by atoms with Crippen molar-refractivity contribution < 1.29 is 9.90 Å². The van der Waals surface area contributed by atoms with Crippen LogP contribution in [0.15, 0.2) is 0 Å². The summed E-state index contributed by atoms with van der Waals surface area (Å²) in [7, 11) is 1.75. The number of nitrogens with one attached hydrogen (secondary N) is 1. The van der Waals surface area contributed by atoms with E-state index in [0.717, 1.165) is 12.3 Å². The first-order chi connectivity index (χ1) is 6.22. The van der Waals surface area contributed by atoms with E-state index in [-0.39, 0.29) is 6.04 Å². The van der Waals surface area contributed by atoms with Gasteiger partial charge < -0.3 is 10.4 Å². The van der Waals surface area contributed by atoms with E-state index in [2.05, 4.69) is 5.32 Å². The van der Waals surface area contributed by atoms with Crippen molar-refractivity contribution >= 4 is 5.97 Å². The van der Waals surface area contributed by atoms with Gasteiger partial charge in [-0.15, -0.1) is 0 Å². The monoisotopic (exact) mass is 183 g/mol. The minimum absolute atomic E-state index is 0.310. The Labute approximate surface area is 78.5 Å². The van der Waals surface area contributed by atoms with E-state index in [1.807, 2.05) is 0 Å². The summed E-state index contributed by atoms with van der Waals surface area (Å²) >= 11 is 0. The number of likely N-dealkylation sites (N-methyl/N-ethyl adjacent to an activating group) is 1. The highest BCUT2D eigenvalue weighted by atomic mass is 16.4. The molecule has 0 aromatic carbocycles. The Hall–Kier alpha value is -0.570. The van der Waals surface area contributed by atoms with E-state index in [9.17, 15) is 4.79 Å². The predicted molar refractivity (Wildman–Crippen MR) is 49.4 cm³/mol. The summed E-state index contributed by atoms with van der Waals surface area (Å²) in [4.78, 5) is 10.9. The molecule has 0 aromatic rings. The molecule has 4 unspecified atom stereocenters. The molecule has 4 atom stereocenters. The van der Waals surface area contributed by atoms with Crippen LogP contribution in [0, 0.1) is 17.8 Å². The van der Waals surface area contributed by atoms with Crippen molar-refractivity contribution in [2.45, 2.75) is 31.7 Å². The van der Waals surface area contributed by atoms with Gasteiger partial charge >= 0.3 is 5.97 Å². The third kappa shape index (κ3) is 1.46. The van der Waals surface area contributed by atoms with Crippen molar-refractivity contribution in [3.63, 3.8) is 0 Å². The fourth-order valence-electron chi connectivity index (χ4n) is 3.22. The molecule has 0 aliphatic heterocycles. The molecule has 3 heteroatoms. The van der Waals surface area contributed by atoms with Gasteiger partial charge in [0.15, 0.2) is 0 Å². The lowest BCUT2D eigenvalue weighted by Gasteiger charge is -2.27. The minimum atomic E-state index is -0.681. The number of hydrogen-bond acceptors (Lipinski definition) is 2. The van der Waals surface area contributed by atoms with E-state index in [4.69, 9.17) is 5.11 Å². The number of hydrogen-bond donors (Lipinski definition) is 2. The highest BCUT2D eigenvalue weighted by Gasteiger charge is 2.44. The number of carboxylic acid groups (broad SMARTS) is 1. The van der Waals surface area contributed by atoms with Crippen LogP contribution >= 0.6 is 0 Å². The first-order valence-corrected chi connectivity index (χ1v) is 5.12. The standard InChI is InChI=1S/C10H17NO2/c1-11-9(10(12)13)8-5-6-2-3-7(8)4-6/h6-9,11H,2-5H2,1H3,(H,12,13). The van der Waals surface area contributed by atoms with Crippen LogP contribution < -0.4 is 5.32 Å². The van der Waals surface area contributed by atoms with Crippen molar-refractivity contribution in [2.75, 3.05) is 7.05 Å². The largest absolute Gasteiger partial charge is 0.480 e. The molecule has 2 fully saturated rings. The molecule has 0 heterocycles. The lowest BCUT2D eigenvalue weighted by atomic mass is 9.83. The molecule has 2 aliphatic carbocycles. The summed E-state index contributed by atoms with van der Waals surface area (Å²) in [5.74, 6) is 1.21. The Balaban J connectivity index is 2.04. The minimum Gasteiger partial charge on any atom is -0.480 e. The van der Waals surface area contributed by atoms with Crippen molar-refractivity contribution in [3.05, 3.63) is 0 Å². The summed E-state index contributed by atoms with van der Waals surface area (Å²) in [5, 5.41) is 11.9. The maximum atomic E-state index is 10.9. The molecule has 2 aliphatic rings. The Morgan fingerprint density at radius 1 is 1.46 bits per heavy atom. The number of carboxylic acids is 1. The maximum Gasteiger partial charge on any atom is 0.320 e. The first kappa shape index (κ1) is 9.00. The Morgan fingerprint density at radius 2 is 2.23 bits per heavy atom. The smallest absolute Gasteiger partial charge is 0.320 e. The first-order valence-electron chi connectivity index (χ1n) is 5.12. The average Bonchev–Trinajstić information content (AvgIpc) is 2.65. The summed E-state index contributed by atoms with van der Waals surface area (Å²) in [6.45, 7) is 0. The Morgan fingerprint density at radius 3 is 2.62 bits per heavy atom. The summed E-state index contributed by atoms with van der Waals surface area (Å²) < 4.78 is 0. The summed E-state index contributed by atoms with van der Waals surface area (Å²) in [6, 6.07) is -0.310. The zero-order valence-corrected chi connectivity index (χ0v) is 7.99. The fourth-order valence-corrected chi connectivity index (χ4v) is 3.22. The Kier molecular flexibility index (Phi) is 2.28. The molecule has 2 rings (SSSR count). The molecule has 0 radical (unpaired) electrons. The lowest BCUT2D eigenvalue weighted by molar-refractivity contribution is -0.141. The summed E-state index contributed by atoms with van der Waals surface area (Å²) in [6.07, 6.45) is 4.98. The van der Waals surface area contributed by atoms with Gasteiger partial charge in [-0.1, -0.05) is 6.42 Å². The molecule has 3 nitrogen and oxygen atoms in total. The molecule has 0 aromatic heterocycles. The van der Waals surface area contributed by atoms with Crippen molar-refractivity contribution in [3.8, 4) is 0 Å². The van der Waals surface area contributed by atoms with Crippen LogP contribution in [0.4, 0.5) is 0 Å². The molecule has 2 saturated carbocycles. The molecule has 0 spiro atoms. The summed E-state index contributed by atoms with van der Waals surface area (Å²) in [5.41, 5.74) is 0. The molecule has 0 saturated heterocycles. The van der Waals surface area contributed by atoms with Crippen LogP contribution in [-0.2, 0) is 4.79 Å². The van der Waals surface area contributed by atoms with Crippen LogP contribution in [0.2, 0.25) is 0 Å². The molecule has 0 amide bonds. The molecule has 2 N–H and O–H groups in total. The number of carbonyl (C=O) groups is 1.